The van der Waals surface area contributed by atoms with Gasteiger partial charge in [0.2, 0.25) is 5.91 Å². The second-order valence-electron chi connectivity index (χ2n) is 8.32. The molecule has 3 aromatic heterocycles. The fraction of sp³-hybridized carbons (Fsp3) is 0.476. The topological polar surface area (TPSA) is 76.7 Å². The first-order chi connectivity index (χ1) is 14.0. The summed E-state index contributed by atoms with van der Waals surface area (Å²) in [7, 11) is 4.05. The van der Waals surface area contributed by atoms with Gasteiger partial charge in [-0.1, -0.05) is 0 Å². The zero-order valence-corrected chi connectivity index (χ0v) is 17.0. The zero-order chi connectivity index (χ0) is 20.1. The SMILES string of the molecule is C[C@@H]1C[C@H](Oc2cnn(C)c2-c2ccn3nc(NC(=O)C4CC4)cc3c2)CN1C. The molecule has 3 aromatic rings. The first kappa shape index (κ1) is 18.2. The molecule has 152 valence electrons. The minimum atomic E-state index is 0.0618. The van der Waals surface area contributed by atoms with Crippen LogP contribution in [0.25, 0.3) is 16.8 Å². The minimum Gasteiger partial charge on any atom is -0.485 e. The second-order valence-corrected chi connectivity index (χ2v) is 8.32. The number of hydrogen-bond donors (Lipinski definition) is 1. The Hall–Kier alpha value is -2.87. The van der Waals surface area contributed by atoms with Gasteiger partial charge in [-0.2, -0.15) is 10.2 Å². The lowest BCUT2D eigenvalue weighted by atomic mass is 10.1. The van der Waals surface area contributed by atoms with Crippen molar-refractivity contribution < 1.29 is 9.53 Å². The van der Waals surface area contributed by atoms with Crippen molar-refractivity contribution in [2.45, 2.75) is 38.3 Å². The number of hydrogen-bond acceptors (Lipinski definition) is 5. The number of carbonyl (C=O) groups excluding carboxylic acids is 1. The van der Waals surface area contributed by atoms with Gasteiger partial charge in [-0.15, -0.1) is 0 Å². The smallest absolute Gasteiger partial charge is 0.228 e. The molecule has 29 heavy (non-hydrogen) atoms. The Bertz CT molecular complexity index is 1060. The lowest BCUT2D eigenvalue weighted by molar-refractivity contribution is -0.117. The van der Waals surface area contributed by atoms with Crippen LogP contribution < -0.4 is 10.1 Å². The quantitative estimate of drug-likeness (QED) is 0.720. The maximum atomic E-state index is 12.0. The minimum absolute atomic E-state index is 0.0618. The van der Waals surface area contributed by atoms with Gasteiger partial charge in [-0.3, -0.25) is 14.4 Å². The molecule has 4 heterocycles. The number of nitrogens with one attached hydrogen (secondary N) is 1. The summed E-state index contributed by atoms with van der Waals surface area (Å²) in [5, 5.41) is 11.8. The number of aryl methyl sites for hydroxylation is 1. The van der Waals surface area contributed by atoms with E-state index in [-0.39, 0.29) is 17.9 Å². The summed E-state index contributed by atoms with van der Waals surface area (Å²) in [4.78, 5) is 14.3. The lowest BCUT2D eigenvalue weighted by Gasteiger charge is -2.14. The third-order valence-corrected chi connectivity index (χ3v) is 5.98. The number of likely N-dealkylation sites (N-methyl/N-ethyl adjacent to an activating group) is 1. The standard InChI is InChI=1S/C21H26N6O2/c1-13-8-17(12-25(13)2)29-18-11-22-26(3)20(18)15-6-7-27-16(9-15)10-19(24-27)23-21(28)14-4-5-14/h6-7,9-11,13-14,17H,4-5,8,12H2,1-3H3,(H,23,24,28)/t13-,17+/m1/s1. The van der Waals surface area contributed by atoms with E-state index in [1.165, 1.54) is 0 Å². The second kappa shape index (κ2) is 6.88. The summed E-state index contributed by atoms with van der Waals surface area (Å²) in [6.45, 7) is 3.14. The van der Waals surface area contributed by atoms with Crippen molar-refractivity contribution in [2.24, 2.45) is 13.0 Å². The number of likely N-dealkylation sites (tertiary alicyclic amines) is 1. The van der Waals surface area contributed by atoms with Crippen LogP contribution in [-0.4, -0.2) is 55.9 Å². The number of amides is 1. The molecule has 0 spiro atoms. The Labute approximate surface area is 169 Å². The van der Waals surface area contributed by atoms with Crippen molar-refractivity contribution in [3.05, 3.63) is 30.6 Å². The monoisotopic (exact) mass is 394 g/mol. The summed E-state index contributed by atoms with van der Waals surface area (Å²) >= 11 is 0. The normalized spacial score (nSPS) is 22.3. The Morgan fingerprint density at radius 1 is 1.28 bits per heavy atom. The molecular weight excluding hydrogens is 368 g/mol. The third-order valence-electron chi connectivity index (χ3n) is 5.98. The van der Waals surface area contributed by atoms with Crippen molar-refractivity contribution in [3.8, 4) is 17.0 Å². The number of pyridine rings is 1. The maximum Gasteiger partial charge on any atom is 0.228 e. The molecule has 0 unspecified atom stereocenters. The van der Waals surface area contributed by atoms with Gasteiger partial charge in [0.25, 0.3) is 0 Å². The number of anilines is 1. The van der Waals surface area contributed by atoms with Crippen LogP contribution in [0.5, 0.6) is 5.75 Å². The van der Waals surface area contributed by atoms with Gasteiger partial charge >= 0.3 is 0 Å². The number of aromatic nitrogens is 4. The van der Waals surface area contributed by atoms with Crippen LogP contribution in [-0.2, 0) is 11.8 Å². The number of rotatable bonds is 5. The van der Waals surface area contributed by atoms with E-state index >= 15 is 0 Å². The van der Waals surface area contributed by atoms with Crippen molar-refractivity contribution in [3.63, 3.8) is 0 Å². The van der Waals surface area contributed by atoms with Crippen molar-refractivity contribution in [1.82, 2.24) is 24.3 Å². The van der Waals surface area contributed by atoms with Crippen LogP contribution in [0, 0.1) is 5.92 Å². The molecule has 1 saturated carbocycles. The van der Waals surface area contributed by atoms with Crippen LogP contribution >= 0.6 is 0 Å². The van der Waals surface area contributed by atoms with E-state index in [0.29, 0.717) is 11.9 Å². The molecule has 2 fully saturated rings. The molecular formula is C21H26N6O2. The Morgan fingerprint density at radius 2 is 2.10 bits per heavy atom. The number of nitrogens with zero attached hydrogens (tertiary/aromatic N) is 5. The highest BCUT2D eigenvalue weighted by molar-refractivity contribution is 5.93. The zero-order valence-electron chi connectivity index (χ0n) is 17.0. The Balaban J connectivity index is 1.41. The van der Waals surface area contributed by atoms with Crippen molar-refractivity contribution in [1.29, 1.82) is 0 Å². The van der Waals surface area contributed by atoms with Crippen molar-refractivity contribution in [2.75, 3.05) is 18.9 Å². The summed E-state index contributed by atoms with van der Waals surface area (Å²) in [6.07, 6.45) is 6.82. The number of fused-ring (bicyclic) bond motifs is 1. The summed E-state index contributed by atoms with van der Waals surface area (Å²) in [5.74, 6) is 1.60. The fourth-order valence-electron chi connectivity index (χ4n) is 4.01. The number of carbonyl (C=O) groups is 1. The van der Waals surface area contributed by atoms with Crippen LogP contribution in [0.3, 0.4) is 0 Å². The molecule has 2 aliphatic rings. The predicted octanol–water partition coefficient (Wildman–Crippen LogP) is 2.55. The average molecular weight is 394 g/mol. The molecule has 1 N–H and O–H groups in total. The molecule has 8 nitrogen and oxygen atoms in total. The average Bonchev–Trinajstić information content (AvgIpc) is 3.27. The summed E-state index contributed by atoms with van der Waals surface area (Å²) in [6, 6.07) is 6.47. The Morgan fingerprint density at radius 3 is 2.83 bits per heavy atom. The molecule has 1 aliphatic heterocycles. The van der Waals surface area contributed by atoms with Gasteiger partial charge in [0.05, 0.1) is 11.7 Å². The highest BCUT2D eigenvalue weighted by Gasteiger charge is 2.30. The van der Waals surface area contributed by atoms with Crippen LogP contribution in [0.1, 0.15) is 26.2 Å². The summed E-state index contributed by atoms with van der Waals surface area (Å²) in [5.41, 5.74) is 2.86. The van der Waals surface area contributed by atoms with Crippen LogP contribution in [0.2, 0.25) is 0 Å². The van der Waals surface area contributed by atoms with E-state index in [2.05, 4.69) is 34.4 Å². The molecule has 1 amide bonds. The third kappa shape index (κ3) is 3.48. The van der Waals surface area contributed by atoms with E-state index in [9.17, 15) is 4.79 Å². The van der Waals surface area contributed by atoms with E-state index in [1.54, 1.807) is 10.7 Å². The van der Waals surface area contributed by atoms with E-state index in [4.69, 9.17) is 4.74 Å². The van der Waals surface area contributed by atoms with Crippen LogP contribution in [0.4, 0.5) is 5.82 Å². The van der Waals surface area contributed by atoms with Gasteiger partial charge < -0.3 is 10.1 Å². The molecule has 5 rings (SSSR count). The molecule has 0 bridgehead atoms. The molecule has 1 aliphatic carbocycles. The van der Waals surface area contributed by atoms with Crippen LogP contribution in [0.15, 0.2) is 30.6 Å². The van der Waals surface area contributed by atoms with Gasteiger partial charge in [0, 0.05) is 49.8 Å². The largest absolute Gasteiger partial charge is 0.485 e. The summed E-state index contributed by atoms with van der Waals surface area (Å²) < 4.78 is 9.94. The predicted molar refractivity (Wildman–Crippen MR) is 110 cm³/mol. The molecule has 2 atom stereocenters. The highest BCUT2D eigenvalue weighted by atomic mass is 16.5. The molecule has 8 heteroatoms. The van der Waals surface area contributed by atoms with Gasteiger partial charge in [0.15, 0.2) is 11.6 Å². The first-order valence-electron chi connectivity index (χ1n) is 10.2. The fourth-order valence-corrected chi connectivity index (χ4v) is 4.01. The molecule has 1 saturated heterocycles. The van der Waals surface area contributed by atoms with E-state index in [1.807, 2.05) is 36.1 Å². The van der Waals surface area contributed by atoms with E-state index in [0.717, 1.165) is 48.3 Å². The molecule has 0 radical (unpaired) electrons. The first-order valence-corrected chi connectivity index (χ1v) is 10.2. The highest BCUT2D eigenvalue weighted by Crippen LogP contribution is 2.33. The van der Waals surface area contributed by atoms with E-state index < -0.39 is 0 Å². The molecule has 0 aromatic carbocycles. The Kier molecular flexibility index (Phi) is 4.31. The van der Waals surface area contributed by atoms with Gasteiger partial charge in [0.1, 0.15) is 11.8 Å². The van der Waals surface area contributed by atoms with Crippen molar-refractivity contribution >= 4 is 17.2 Å². The van der Waals surface area contributed by atoms with Gasteiger partial charge in [-0.25, -0.2) is 4.52 Å². The van der Waals surface area contributed by atoms with Gasteiger partial charge in [-0.05, 0) is 38.9 Å². The maximum absolute atomic E-state index is 12.0. The lowest BCUT2D eigenvalue weighted by Crippen LogP contribution is -2.23. The number of ether oxygens (including phenoxy) is 1.